The maximum atomic E-state index is 5.52. The van der Waals surface area contributed by atoms with E-state index in [-0.39, 0.29) is 0 Å². The summed E-state index contributed by atoms with van der Waals surface area (Å²) < 4.78 is 5.52. The third-order valence-corrected chi connectivity index (χ3v) is 4.97. The Hall–Kier alpha value is -0.120. The molecule has 0 aromatic heterocycles. The summed E-state index contributed by atoms with van der Waals surface area (Å²) in [4.78, 5) is 2.69. The van der Waals surface area contributed by atoms with Crippen LogP contribution in [0.2, 0.25) is 0 Å². The third kappa shape index (κ3) is 4.17. The molecular formula is C16H32N2O. The van der Waals surface area contributed by atoms with Crippen molar-refractivity contribution in [2.24, 2.45) is 11.8 Å². The Morgan fingerprint density at radius 1 is 1.21 bits per heavy atom. The van der Waals surface area contributed by atoms with Crippen LogP contribution in [0.5, 0.6) is 0 Å². The van der Waals surface area contributed by atoms with Gasteiger partial charge in [0.05, 0.1) is 13.2 Å². The predicted octanol–water partition coefficient (Wildman–Crippen LogP) is 2.51. The molecule has 112 valence electrons. The molecule has 3 nitrogen and oxygen atoms in total. The van der Waals surface area contributed by atoms with Crippen LogP contribution in [0.1, 0.15) is 46.5 Å². The average molecular weight is 268 g/mol. The summed E-state index contributed by atoms with van der Waals surface area (Å²) in [6.07, 6.45) is 5.36. The van der Waals surface area contributed by atoms with E-state index in [2.05, 4.69) is 31.0 Å². The highest BCUT2D eigenvalue weighted by atomic mass is 16.5. The smallest absolute Gasteiger partial charge is 0.0594 e. The summed E-state index contributed by atoms with van der Waals surface area (Å²) in [6.45, 7) is 12.3. The molecule has 0 amide bonds. The molecule has 2 aliphatic rings. The van der Waals surface area contributed by atoms with E-state index >= 15 is 0 Å². The Labute approximate surface area is 119 Å². The minimum atomic E-state index is 0.702. The molecule has 3 heteroatoms. The van der Waals surface area contributed by atoms with Gasteiger partial charge in [-0.05, 0) is 44.1 Å². The van der Waals surface area contributed by atoms with Crippen molar-refractivity contribution in [3.8, 4) is 0 Å². The third-order valence-electron chi connectivity index (χ3n) is 4.97. The van der Waals surface area contributed by atoms with Gasteiger partial charge in [-0.3, -0.25) is 4.90 Å². The molecule has 1 N–H and O–H groups in total. The van der Waals surface area contributed by atoms with Gasteiger partial charge in [-0.2, -0.15) is 0 Å². The summed E-state index contributed by atoms with van der Waals surface area (Å²) in [7, 11) is 0. The monoisotopic (exact) mass is 268 g/mol. The van der Waals surface area contributed by atoms with Crippen LogP contribution in [-0.4, -0.2) is 49.8 Å². The van der Waals surface area contributed by atoms with Crippen LogP contribution in [0.4, 0.5) is 0 Å². The Morgan fingerprint density at radius 2 is 1.95 bits per heavy atom. The zero-order valence-corrected chi connectivity index (χ0v) is 13.0. The first kappa shape index (κ1) is 15.3. The molecule has 3 atom stereocenters. The lowest BCUT2D eigenvalue weighted by Gasteiger charge is -2.45. The molecule has 3 unspecified atom stereocenters. The first-order valence-electron chi connectivity index (χ1n) is 8.27. The van der Waals surface area contributed by atoms with E-state index in [1.54, 1.807) is 0 Å². The van der Waals surface area contributed by atoms with Gasteiger partial charge in [0, 0.05) is 25.2 Å². The maximum Gasteiger partial charge on any atom is 0.0594 e. The topological polar surface area (TPSA) is 24.5 Å². The summed E-state index contributed by atoms with van der Waals surface area (Å²) in [5.74, 6) is 1.74. The van der Waals surface area contributed by atoms with Crippen LogP contribution in [0.3, 0.4) is 0 Å². The lowest BCUT2D eigenvalue weighted by atomic mass is 9.76. The largest absolute Gasteiger partial charge is 0.379 e. The molecule has 2 rings (SSSR count). The van der Waals surface area contributed by atoms with Crippen LogP contribution < -0.4 is 5.32 Å². The molecule has 0 radical (unpaired) electrons. The van der Waals surface area contributed by atoms with Gasteiger partial charge in [0.15, 0.2) is 0 Å². The molecule has 0 aromatic rings. The first-order valence-corrected chi connectivity index (χ1v) is 8.27. The first-order chi connectivity index (χ1) is 9.22. The van der Waals surface area contributed by atoms with Crippen molar-refractivity contribution in [1.82, 2.24) is 10.2 Å². The van der Waals surface area contributed by atoms with Crippen LogP contribution in [-0.2, 0) is 4.74 Å². The molecular weight excluding hydrogens is 236 g/mol. The van der Waals surface area contributed by atoms with E-state index in [9.17, 15) is 0 Å². The van der Waals surface area contributed by atoms with E-state index < -0.39 is 0 Å². The quantitative estimate of drug-likeness (QED) is 0.829. The van der Waals surface area contributed by atoms with Gasteiger partial charge in [-0.25, -0.2) is 0 Å². The fraction of sp³-hybridized carbons (Fsp3) is 1.00. The van der Waals surface area contributed by atoms with Gasteiger partial charge in [0.1, 0.15) is 0 Å². The average Bonchev–Trinajstić information content (AvgIpc) is 2.45. The van der Waals surface area contributed by atoms with Gasteiger partial charge >= 0.3 is 0 Å². The van der Waals surface area contributed by atoms with E-state index in [0.29, 0.717) is 6.04 Å². The van der Waals surface area contributed by atoms with Crippen molar-refractivity contribution in [1.29, 1.82) is 0 Å². The molecule has 0 bridgehead atoms. The molecule has 1 saturated heterocycles. The van der Waals surface area contributed by atoms with Crippen LogP contribution in [0.15, 0.2) is 0 Å². The maximum absolute atomic E-state index is 5.52. The van der Waals surface area contributed by atoms with Gasteiger partial charge in [0.25, 0.3) is 0 Å². The Bertz CT molecular complexity index is 251. The van der Waals surface area contributed by atoms with Gasteiger partial charge in [-0.1, -0.05) is 20.8 Å². The van der Waals surface area contributed by atoms with E-state index in [4.69, 9.17) is 4.74 Å². The number of nitrogens with one attached hydrogen (secondary N) is 1. The second-order valence-corrected chi connectivity index (χ2v) is 6.59. The highest BCUT2D eigenvalue weighted by Crippen LogP contribution is 2.33. The number of hydrogen-bond donors (Lipinski definition) is 1. The van der Waals surface area contributed by atoms with Crippen molar-refractivity contribution >= 4 is 0 Å². The molecule has 0 aromatic carbocycles. The summed E-state index contributed by atoms with van der Waals surface area (Å²) >= 11 is 0. The Morgan fingerprint density at radius 3 is 2.58 bits per heavy atom. The molecule has 1 saturated carbocycles. The molecule has 2 fully saturated rings. The second-order valence-electron chi connectivity index (χ2n) is 6.59. The Balaban J connectivity index is 1.97. The minimum absolute atomic E-state index is 0.702. The molecule has 1 heterocycles. The van der Waals surface area contributed by atoms with Gasteiger partial charge < -0.3 is 10.1 Å². The minimum Gasteiger partial charge on any atom is -0.379 e. The van der Waals surface area contributed by atoms with Crippen molar-refractivity contribution in [2.45, 2.75) is 58.5 Å². The molecule has 19 heavy (non-hydrogen) atoms. The zero-order valence-electron chi connectivity index (χ0n) is 13.0. The number of hydrogen-bond acceptors (Lipinski definition) is 3. The van der Waals surface area contributed by atoms with Crippen molar-refractivity contribution in [3.63, 3.8) is 0 Å². The molecule has 0 spiro atoms. The summed E-state index contributed by atoms with van der Waals surface area (Å²) in [6, 6.07) is 1.43. The van der Waals surface area contributed by atoms with Crippen LogP contribution in [0, 0.1) is 11.8 Å². The summed E-state index contributed by atoms with van der Waals surface area (Å²) in [5, 5.41) is 3.80. The van der Waals surface area contributed by atoms with Crippen molar-refractivity contribution in [3.05, 3.63) is 0 Å². The highest BCUT2D eigenvalue weighted by Gasteiger charge is 2.35. The fourth-order valence-electron chi connectivity index (χ4n) is 3.66. The van der Waals surface area contributed by atoms with Crippen LogP contribution in [0.25, 0.3) is 0 Å². The van der Waals surface area contributed by atoms with Gasteiger partial charge in [0.2, 0.25) is 0 Å². The number of rotatable bonds is 5. The lowest BCUT2D eigenvalue weighted by molar-refractivity contribution is -0.0102. The van der Waals surface area contributed by atoms with Crippen molar-refractivity contribution in [2.75, 3.05) is 32.8 Å². The number of ether oxygens (including phenoxy) is 1. The van der Waals surface area contributed by atoms with E-state index in [1.807, 2.05) is 0 Å². The number of nitrogens with zero attached hydrogens (tertiary/aromatic N) is 1. The SMILES string of the molecule is CCCNC1CCC(C(C)C)CC1N1CCOCC1. The van der Waals surface area contributed by atoms with E-state index in [1.165, 1.54) is 25.7 Å². The number of morpholine rings is 1. The zero-order chi connectivity index (χ0) is 13.7. The molecule has 1 aliphatic heterocycles. The van der Waals surface area contributed by atoms with E-state index in [0.717, 1.165) is 50.7 Å². The second kappa shape index (κ2) is 7.61. The Kier molecular flexibility index (Phi) is 6.11. The van der Waals surface area contributed by atoms with Crippen LogP contribution >= 0.6 is 0 Å². The predicted molar refractivity (Wildman–Crippen MR) is 80.4 cm³/mol. The fourth-order valence-corrected chi connectivity index (χ4v) is 3.66. The standard InChI is InChI=1S/C16H32N2O/c1-4-7-17-15-6-5-14(13(2)3)12-16(15)18-8-10-19-11-9-18/h13-17H,4-12H2,1-3H3. The normalized spacial score (nSPS) is 33.8. The lowest BCUT2D eigenvalue weighted by Crippen LogP contribution is -2.56. The van der Waals surface area contributed by atoms with Crippen molar-refractivity contribution < 1.29 is 4.74 Å². The molecule has 1 aliphatic carbocycles. The van der Waals surface area contributed by atoms with Gasteiger partial charge in [-0.15, -0.1) is 0 Å². The summed E-state index contributed by atoms with van der Waals surface area (Å²) in [5.41, 5.74) is 0. The highest BCUT2D eigenvalue weighted by molar-refractivity contribution is 4.92.